The Hall–Kier alpha value is -1.91. The lowest BCUT2D eigenvalue weighted by atomic mass is 10.3. The average Bonchev–Trinajstić information content (AvgIpc) is 2.30. The van der Waals surface area contributed by atoms with Crippen LogP contribution in [0, 0.1) is 0 Å². The molecule has 5 heteroatoms. The first-order chi connectivity index (χ1) is 6.34. The van der Waals surface area contributed by atoms with Crippen LogP contribution in [0.15, 0.2) is 24.3 Å². The maximum Gasteiger partial charge on any atom is 0.341 e. The Morgan fingerprint density at radius 3 is 2.00 bits per heavy atom. The summed E-state index contributed by atoms with van der Waals surface area (Å²) >= 11 is 0. The van der Waals surface area contributed by atoms with Crippen LogP contribution in [0.5, 0.6) is 0 Å². The average molecular weight is 198 g/mol. The minimum Gasteiger partial charge on any atom is -0.478 e. The van der Waals surface area contributed by atoms with Crippen LogP contribution in [0.25, 0.3) is 0 Å². The highest BCUT2D eigenvalue weighted by molar-refractivity contribution is 6.05. The van der Waals surface area contributed by atoms with Crippen LogP contribution in [-0.4, -0.2) is 23.0 Å². The zero-order valence-electron chi connectivity index (χ0n) is 7.70. The number of carboxylic acid groups (broad SMARTS) is 1. The third kappa shape index (κ3) is 4.20. The van der Waals surface area contributed by atoms with Gasteiger partial charge in [0.05, 0.1) is 6.42 Å². The van der Waals surface area contributed by atoms with Gasteiger partial charge in [-0.15, -0.1) is 0 Å². The summed E-state index contributed by atoms with van der Waals surface area (Å²) in [5, 5.41) is 7.89. The van der Waals surface area contributed by atoms with E-state index in [1.54, 1.807) is 0 Å². The highest BCUT2D eigenvalue weighted by atomic mass is 16.6. The molecule has 1 fully saturated rings. The standard InChI is InChI=1S/C5H4O3.C4H6O2/c1-3-2-4(6)8-5(3)7;1-3(2)4(5)6/h1-2H2;1H2,2H3,(H,5,6). The van der Waals surface area contributed by atoms with Crippen LogP contribution >= 0.6 is 0 Å². The number of esters is 2. The first-order valence-corrected chi connectivity index (χ1v) is 3.66. The van der Waals surface area contributed by atoms with Crippen molar-refractivity contribution in [3.05, 3.63) is 24.3 Å². The predicted molar refractivity (Wildman–Crippen MR) is 47.3 cm³/mol. The van der Waals surface area contributed by atoms with E-state index in [2.05, 4.69) is 17.9 Å². The van der Waals surface area contributed by atoms with E-state index in [0.29, 0.717) is 0 Å². The van der Waals surface area contributed by atoms with Crippen molar-refractivity contribution in [2.45, 2.75) is 13.3 Å². The van der Waals surface area contributed by atoms with E-state index in [0.717, 1.165) is 0 Å². The molecular formula is C9H10O5. The molecular weight excluding hydrogens is 188 g/mol. The molecule has 1 aliphatic heterocycles. The van der Waals surface area contributed by atoms with Gasteiger partial charge in [0.15, 0.2) is 0 Å². The molecule has 0 aromatic carbocycles. The number of hydrogen-bond donors (Lipinski definition) is 1. The van der Waals surface area contributed by atoms with Gasteiger partial charge in [-0.25, -0.2) is 9.59 Å². The summed E-state index contributed by atoms with van der Waals surface area (Å²) in [5.41, 5.74) is 0.421. The van der Waals surface area contributed by atoms with Gasteiger partial charge in [0.2, 0.25) is 0 Å². The monoisotopic (exact) mass is 198 g/mol. The fourth-order valence-corrected chi connectivity index (χ4v) is 0.458. The van der Waals surface area contributed by atoms with E-state index in [-0.39, 0.29) is 17.6 Å². The number of carbonyl (C=O) groups is 3. The van der Waals surface area contributed by atoms with Gasteiger partial charge in [-0.2, -0.15) is 0 Å². The molecule has 0 aliphatic carbocycles. The van der Waals surface area contributed by atoms with Gasteiger partial charge in [0.1, 0.15) is 0 Å². The predicted octanol–water partition coefficient (Wildman–Crippen LogP) is 0.663. The van der Waals surface area contributed by atoms with Gasteiger partial charge >= 0.3 is 17.9 Å². The fraction of sp³-hybridized carbons (Fsp3) is 0.222. The summed E-state index contributed by atoms with van der Waals surface area (Å²) in [6, 6.07) is 0. The van der Waals surface area contributed by atoms with Crippen molar-refractivity contribution in [2.24, 2.45) is 0 Å². The Morgan fingerprint density at radius 1 is 1.50 bits per heavy atom. The van der Waals surface area contributed by atoms with E-state index in [4.69, 9.17) is 5.11 Å². The Morgan fingerprint density at radius 2 is 1.93 bits per heavy atom. The van der Waals surface area contributed by atoms with Gasteiger partial charge in [0, 0.05) is 11.1 Å². The summed E-state index contributed by atoms with van der Waals surface area (Å²) in [5.74, 6) is -2.02. The lowest BCUT2D eigenvalue weighted by Gasteiger charge is -1.80. The molecule has 14 heavy (non-hydrogen) atoms. The molecule has 0 radical (unpaired) electrons. The van der Waals surface area contributed by atoms with Crippen molar-refractivity contribution in [1.82, 2.24) is 0 Å². The zero-order valence-corrected chi connectivity index (χ0v) is 7.70. The van der Waals surface area contributed by atoms with Crippen molar-refractivity contribution in [3.8, 4) is 0 Å². The van der Waals surface area contributed by atoms with E-state index in [9.17, 15) is 14.4 Å². The Bertz CT molecular complexity index is 283. The lowest BCUT2D eigenvalue weighted by molar-refractivity contribution is -0.151. The number of rotatable bonds is 1. The molecule has 1 heterocycles. The van der Waals surface area contributed by atoms with Crippen molar-refractivity contribution in [2.75, 3.05) is 0 Å². The maximum atomic E-state index is 10.2. The van der Waals surface area contributed by atoms with Crippen LogP contribution in [0.1, 0.15) is 13.3 Å². The molecule has 0 atom stereocenters. The molecule has 0 unspecified atom stereocenters. The van der Waals surface area contributed by atoms with Gasteiger partial charge < -0.3 is 9.84 Å². The maximum absolute atomic E-state index is 10.2. The van der Waals surface area contributed by atoms with Crippen LogP contribution in [0.4, 0.5) is 0 Å². The van der Waals surface area contributed by atoms with Crippen molar-refractivity contribution < 1.29 is 24.2 Å². The fourth-order valence-electron chi connectivity index (χ4n) is 0.458. The number of carbonyl (C=O) groups excluding carboxylic acids is 2. The molecule has 0 amide bonds. The van der Waals surface area contributed by atoms with Gasteiger partial charge in [-0.05, 0) is 6.92 Å². The topological polar surface area (TPSA) is 80.7 Å². The quantitative estimate of drug-likeness (QED) is 0.380. The Kier molecular flexibility index (Phi) is 4.28. The first kappa shape index (κ1) is 12.1. The molecule has 76 valence electrons. The SMILES string of the molecule is C=C(C)C(=O)O.C=C1CC(=O)OC1=O. The molecule has 0 saturated carbocycles. The third-order valence-electron chi connectivity index (χ3n) is 1.22. The largest absolute Gasteiger partial charge is 0.478 e. The molecule has 1 saturated heterocycles. The molecule has 0 spiro atoms. The van der Waals surface area contributed by atoms with E-state index in [1.165, 1.54) is 6.92 Å². The second-order valence-corrected chi connectivity index (χ2v) is 2.63. The third-order valence-corrected chi connectivity index (χ3v) is 1.22. The van der Waals surface area contributed by atoms with E-state index in [1.807, 2.05) is 0 Å². The minimum absolute atomic E-state index is 0.0544. The van der Waals surface area contributed by atoms with Gasteiger partial charge in [-0.3, -0.25) is 4.79 Å². The normalized spacial score (nSPS) is 14.2. The summed E-state index contributed by atoms with van der Waals surface area (Å²) < 4.78 is 4.10. The minimum atomic E-state index is -0.935. The number of aliphatic carboxylic acids is 1. The van der Waals surface area contributed by atoms with Crippen LogP contribution in [0.2, 0.25) is 0 Å². The van der Waals surface area contributed by atoms with Gasteiger partial charge in [-0.1, -0.05) is 13.2 Å². The molecule has 0 aromatic heterocycles. The molecule has 1 N–H and O–H groups in total. The Balaban J connectivity index is 0.000000255. The second kappa shape index (κ2) is 4.96. The van der Waals surface area contributed by atoms with E-state index < -0.39 is 17.9 Å². The summed E-state index contributed by atoms with van der Waals surface area (Å²) in [6.07, 6.45) is 0.0544. The second-order valence-electron chi connectivity index (χ2n) is 2.63. The van der Waals surface area contributed by atoms with Crippen LogP contribution in [0.3, 0.4) is 0 Å². The van der Waals surface area contributed by atoms with Crippen molar-refractivity contribution in [1.29, 1.82) is 0 Å². The molecule has 5 nitrogen and oxygen atoms in total. The summed E-state index contributed by atoms with van der Waals surface area (Å²) in [4.78, 5) is 30.0. The number of ether oxygens (including phenoxy) is 1. The van der Waals surface area contributed by atoms with Crippen LogP contribution in [-0.2, 0) is 19.1 Å². The number of hydrogen-bond acceptors (Lipinski definition) is 4. The summed E-state index contributed by atoms with van der Waals surface area (Å²) in [6.45, 7) is 7.89. The summed E-state index contributed by atoms with van der Waals surface area (Å²) in [7, 11) is 0. The smallest absolute Gasteiger partial charge is 0.341 e. The highest BCUT2D eigenvalue weighted by Gasteiger charge is 2.24. The van der Waals surface area contributed by atoms with Crippen molar-refractivity contribution in [3.63, 3.8) is 0 Å². The Labute approximate surface area is 80.7 Å². The number of cyclic esters (lactones) is 2. The lowest BCUT2D eigenvalue weighted by Crippen LogP contribution is -1.95. The molecule has 1 aliphatic rings. The first-order valence-electron chi connectivity index (χ1n) is 3.66. The highest BCUT2D eigenvalue weighted by Crippen LogP contribution is 2.10. The molecule has 1 rings (SSSR count). The van der Waals surface area contributed by atoms with E-state index >= 15 is 0 Å². The zero-order chi connectivity index (χ0) is 11.3. The van der Waals surface area contributed by atoms with Crippen LogP contribution < -0.4 is 0 Å². The number of carboxylic acids is 1. The molecule has 0 aromatic rings. The molecule has 0 bridgehead atoms. The van der Waals surface area contributed by atoms with Crippen molar-refractivity contribution >= 4 is 17.9 Å². The van der Waals surface area contributed by atoms with Gasteiger partial charge in [0.25, 0.3) is 0 Å².